The molecule has 138 valence electrons. The van der Waals surface area contributed by atoms with Crippen LogP contribution < -0.4 is 15.1 Å². The molecule has 0 unspecified atom stereocenters. The highest BCUT2D eigenvalue weighted by Gasteiger charge is 2.23. The number of amides is 1. The lowest BCUT2D eigenvalue weighted by molar-refractivity contribution is -0.892. The molecule has 26 heavy (non-hydrogen) atoms. The van der Waals surface area contributed by atoms with Crippen LogP contribution in [0.4, 0.5) is 15.8 Å². The smallest absolute Gasteiger partial charge is 0.279 e. The van der Waals surface area contributed by atoms with Crippen molar-refractivity contribution in [2.45, 2.75) is 20.8 Å². The molecule has 0 bridgehead atoms. The molecular formula is C21H27FN3O+. The number of carbonyl (C=O) groups excluding carboxylic acids is 1. The van der Waals surface area contributed by atoms with Crippen molar-refractivity contribution in [3.63, 3.8) is 0 Å². The fourth-order valence-electron chi connectivity index (χ4n) is 3.45. The molecule has 0 radical (unpaired) electrons. The number of nitrogens with zero attached hydrogens (tertiary/aromatic N) is 1. The number of benzene rings is 2. The van der Waals surface area contributed by atoms with E-state index in [1.165, 1.54) is 33.8 Å². The van der Waals surface area contributed by atoms with E-state index in [1.807, 2.05) is 6.92 Å². The molecule has 0 spiro atoms. The van der Waals surface area contributed by atoms with Crippen LogP contribution in [0.3, 0.4) is 0 Å². The Morgan fingerprint density at radius 3 is 2.50 bits per heavy atom. The van der Waals surface area contributed by atoms with Gasteiger partial charge < -0.3 is 15.1 Å². The van der Waals surface area contributed by atoms with E-state index in [4.69, 9.17) is 0 Å². The highest BCUT2D eigenvalue weighted by Crippen LogP contribution is 2.21. The van der Waals surface area contributed by atoms with Crippen molar-refractivity contribution in [3.05, 3.63) is 58.9 Å². The van der Waals surface area contributed by atoms with E-state index in [1.54, 1.807) is 6.07 Å². The van der Waals surface area contributed by atoms with Crippen LogP contribution in [0.25, 0.3) is 0 Å². The summed E-state index contributed by atoms with van der Waals surface area (Å²) in [5.74, 6) is -0.394. The van der Waals surface area contributed by atoms with Crippen LogP contribution >= 0.6 is 0 Å². The van der Waals surface area contributed by atoms with E-state index in [2.05, 4.69) is 42.3 Å². The third-order valence-corrected chi connectivity index (χ3v) is 5.06. The Bertz CT molecular complexity index is 798. The Morgan fingerprint density at radius 1 is 1.08 bits per heavy atom. The van der Waals surface area contributed by atoms with Gasteiger partial charge in [0.2, 0.25) is 0 Å². The van der Waals surface area contributed by atoms with Gasteiger partial charge in [0.25, 0.3) is 5.91 Å². The number of rotatable bonds is 4. The van der Waals surface area contributed by atoms with Crippen molar-refractivity contribution in [3.8, 4) is 0 Å². The number of piperazine rings is 1. The second-order valence-electron chi connectivity index (χ2n) is 7.21. The fourth-order valence-corrected chi connectivity index (χ4v) is 3.45. The van der Waals surface area contributed by atoms with Crippen molar-refractivity contribution in [1.82, 2.24) is 0 Å². The lowest BCUT2D eigenvalue weighted by atomic mass is 10.1. The topological polar surface area (TPSA) is 36.8 Å². The summed E-state index contributed by atoms with van der Waals surface area (Å²) in [6.45, 7) is 10.2. The minimum absolute atomic E-state index is 0.0612. The second-order valence-corrected chi connectivity index (χ2v) is 7.21. The first kappa shape index (κ1) is 18.4. The van der Waals surface area contributed by atoms with E-state index in [9.17, 15) is 9.18 Å². The lowest BCUT2D eigenvalue weighted by Crippen LogP contribution is -3.15. The molecule has 0 atom stereocenters. The number of aryl methyl sites for hydroxylation is 3. The fraction of sp³-hybridized carbons (Fsp3) is 0.381. The maximum atomic E-state index is 13.4. The summed E-state index contributed by atoms with van der Waals surface area (Å²) in [4.78, 5) is 16.0. The van der Waals surface area contributed by atoms with Gasteiger partial charge in [0.15, 0.2) is 6.54 Å². The zero-order valence-electron chi connectivity index (χ0n) is 15.7. The van der Waals surface area contributed by atoms with Crippen molar-refractivity contribution in [1.29, 1.82) is 0 Å². The summed E-state index contributed by atoms with van der Waals surface area (Å²) in [5.41, 5.74) is 5.28. The first-order chi connectivity index (χ1) is 12.4. The van der Waals surface area contributed by atoms with Gasteiger partial charge in [-0.1, -0.05) is 18.2 Å². The van der Waals surface area contributed by atoms with E-state index in [0.29, 0.717) is 12.2 Å². The van der Waals surface area contributed by atoms with Crippen molar-refractivity contribution < 1.29 is 14.1 Å². The van der Waals surface area contributed by atoms with E-state index < -0.39 is 0 Å². The quantitative estimate of drug-likeness (QED) is 0.880. The van der Waals surface area contributed by atoms with Crippen LogP contribution in [0.2, 0.25) is 0 Å². The molecule has 4 nitrogen and oxygen atoms in total. The summed E-state index contributed by atoms with van der Waals surface area (Å²) < 4.78 is 13.4. The summed E-state index contributed by atoms with van der Waals surface area (Å²) in [7, 11) is 0. The average Bonchev–Trinajstić information content (AvgIpc) is 2.61. The molecule has 1 amide bonds. The molecule has 5 heteroatoms. The van der Waals surface area contributed by atoms with E-state index in [-0.39, 0.29) is 11.7 Å². The third-order valence-electron chi connectivity index (χ3n) is 5.06. The molecule has 1 heterocycles. The van der Waals surface area contributed by atoms with Crippen LogP contribution in [0.15, 0.2) is 36.4 Å². The number of hydrogen-bond acceptors (Lipinski definition) is 2. The average molecular weight is 356 g/mol. The Balaban J connectivity index is 1.54. The normalized spacial score (nSPS) is 15.2. The highest BCUT2D eigenvalue weighted by molar-refractivity contribution is 5.92. The number of hydrogen-bond donors (Lipinski definition) is 2. The van der Waals surface area contributed by atoms with Gasteiger partial charge in [0.05, 0.1) is 26.2 Å². The Hall–Kier alpha value is -2.40. The van der Waals surface area contributed by atoms with Gasteiger partial charge in [0.1, 0.15) is 5.82 Å². The minimum Gasteiger partial charge on any atom is -0.360 e. The van der Waals surface area contributed by atoms with Gasteiger partial charge in [-0.25, -0.2) is 4.39 Å². The molecule has 1 fully saturated rings. The molecule has 0 aromatic heterocycles. The highest BCUT2D eigenvalue weighted by atomic mass is 19.1. The van der Waals surface area contributed by atoms with Gasteiger partial charge in [-0.2, -0.15) is 0 Å². The summed E-state index contributed by atoms with van der Waals surface area (Å²) in [6.07, 6.45) is 0. The predicted octanol–water partition coefficient (Wildman–Crippen LogP) is 2.09. The number of carbonyl (C=O) groups is 1. The molecule has 0 saturated carbocycles. The number of anilines is 2. The van der Waals surface area contributed by atoms with Crippen molar-refractivity contribution >= 4 is 17.3 Å². The molecular weight excluding hydrogens is 329 g/mol. The van der Waals surface area contributed by atoms with Crippen LogP contribution in [-0.2, 0) is 4.79 Å². The van der Waals surface area contributed by atoms with Gasteiger partial charge in [-0.3, -0.25) is 4.79 Å². The molecule has 2 aromatic carbocycles. The van der Waals surface area contributed by atoms with Crippen LogP contribution in [0.1, 0.15) is 16.7 Å². The lowest BCUT2D eigenvalue weighted by Gasteiger charge is -2.34. The van der Waals surface area contributed by atoms with Crippen molar-refractivity contribution in [2.24, 2.45) is 0 Å². The van der Waals surface area contributed by atoms with Crippen LogP contribution in [0.5, 0.6) is 0 Å². The zero-order valence-corrected chi connectivity index (χ0v) is 15.7. The maximum Gasteiger partial charge on any atom is 0.279 e. The molecule has 0 aliphatic carbocycles. The standard InChI is InChI=1S/C21H26FN3O/c1-15-4-5-17(3)20(12-15)25-10-8-24(9-11-25)14-21(26)23-19-13-18(22)7-6-16(19)2/h4-7,12-13H,8-11,14H2,1-3H3,(H,23,26)/p+1. The van der Waals surface area contributed by atoms with Gasteiger partial charge in [-0.05, 0) is 55.7 Å². The Kier molecular flexibility index (Phi) is 5.57. The number of quaternary nitrogens is 1. The largest absolute Gasteiger partial charge is 0.360 e. The van der Waals surface area contributed by atoms with Gasteiger partial charge >= 0.3 is 0 Å². The second kappa shape index (κ2) is 7.87. The Labute approximate surface area is 154 Å². The Morgan fingerprint density at radius 2 is 1.77 bits per heavy atom. The predicted molar refractivity (Wildman–Crippen MR) is 103 cm³/mol. The summed E-state index contributed by atoms with van der Waals surface area (Å²) in [5, 5.41) is 2.84. The molecule has 3 rings (SSSR count). The summed E-state index contributed by atoms with van der Waals surface area (Å²) >= 11 is 0. The molecule has 1 aliphatic rings. The van der Waals surface area contributed by atoms with Crippen LogP contribution in [-0.4, -0.2) is 38.6 Å². The third kappa shape index (κ3) is 4.41. The minimum atomic E-state index is -0.333. The molecule has 2 N–H and O–H groups in total. The van der Waals surface area contributed by atoms with E-state index in [0.717, 1.165) is 31.7 Å². The van der Waals surface area contributed by atoms with Gasteiger partial charge in [0, 0.05) is 11.4 Å². The summed E-state index contributed by atoms with van der Waals surface area (Å²) in [6, 6.07) is 11.0. The monoisotopic (exact) mass is 356 g/mol. The maximum absolute atomic E-state index is 13.4. The van der Waals surface area contributed by atoms with Crippen LogP contribution in [0, 0.1) is 26.6 Å². The first-order valence-corrected chi connectivity index (χ1v) is 9.14. The van der Waals surface area contributed by atoms with Crippen molar-refractivity contribution in [2.75, 3.05) is 42.9 Å². The zero-order chi connectivity index (χ0) is 18.7. The molecule has 2 aromatic rings. The molecule has 1 aliphatic heterocycles. The van der Waals surface area contributed by atoms with Gasteiger partial charge in [-0.15, -0.1) is 0 Å². The number of nitrogens with one attached hydrogen (secondary N) is 2. The first-order valence-electron chi connectivity index (χ1n) is 9.14. The number of halogens is 1. The SMILES string of the molecule is Cc1ccc(C)c(N2CC[NH+](CC(=O)Nc3cc(F)ccc3C)CC2)c1. The van der Waals surface area contributed by atoms with E-state index >= 15 is 0 Å². The molecule has 1 saturated heterocycles.